The second-order valence-corrected chi connectivity index (χ2v) is 5.29. The maximum Gasteiger partial charge on any atom is 0.337 e. The maximum absolute atomic E-state index is 12.4. The van der Waals surface area contributed by atoms with Crippen LogP contribution in [0.15, 0.2) is 67.0 Å². The summed E-state index contributed by atoms with van der Waals surface area (Å²) in [5, 5.41) is 0. The van der Waals surface area contributed by atoms with Crippen LogP contribution < -0.4 is 4.57 Å². The number of nitrogens with zero attached hydrogens (tertiary/aromatic N) is 1. The number of ether oxygens (including phenoxy) is 1. The zero-order valence-electron chi connectivity index (χ0n) is 13.2. The number of aromatic amines is 1. The molecule has 0 atom stereocenters. The molecule has 24 heavy (non-hydrogen) atoms. The van der Waals surface area contributed by atoms with Crippen LogP contribution in [0.25, 0.3) is 11.4 Å². The van der Waals surface area contributed by atoms with Gasteiger partial charge in [-0.25, -0.2) is 14.3 Å². The Morgan fingerprint density at radius 1 is 1.00 bits per heavy atom. The number of ketones is 1. The Hall–Kier alpha value is -3.21. The Balaban J connectivity index is 1.83. The quantitative estimate of drug-likeness (QED) is 0.446. The van der Waals surface area contributed by atoms with Crippen LogP contribution in [-0.4, -0.2) is 23.8 Å². The average molecular weight is 321 g/mol. The van der Waals surface area contributed by atoms with Crippen LogP contribution in [0.3, 0.4) is 0 Å². The lowest BCUT2D eigenvalue weighted by Gasteiger charge is -2.03. The molecule has 0 saturated heterocycles. The van der Waals surface area contributed by atoms with Crippen LogP contribution in [0, 0.1) is 0 Å². The lowest BCUT2D eigenvalue weighted by Crippen LogP contribution is -2.38. The number of nitrogens with one attached hydrogen (secondary N) is 1. The van der Waals surface area contributed by atoms with Crippen molar-refractivity contribution in [1.82, 2.24) is 4.98 Å². The second kappa shape index (κ2) is 6.91. The Kier molecular flexibility index (Phi) is 4.52. The van der Waals surface area contributed by atoms with Crippen LogP contribution in [0.4, 0.5) is 0 Å². The Morgan fingerprint density at radius 2 is 1.71 bits per heavy atom. The van der Waals surface area contributed by atoms with Gasteiger partial charge >= 0.3 is 5.97 Å². The number of aromatic nitrogens is 2. The summed E-state index contributed by atoms with van der Waals surface area (Å²) in [6, 6.07) is 16.2. The number of benzene rings is 2. The monoisotopic (exact) mass is 321 g/mol. The van der Waals surface area contributed by atoms with E-state index in [2.05, 4.69) is 4.98 Å². The normalized spacial score (nSPS) is 10.4. The molecule has 3 aromatic rings. The molecule has 0 amide bonds. The van der Waals surface area contributed by atoms with E-state index in [1.165, 1.54) is 7.11 Å². The highest BCUT2D eigenvalue weighted by atomic mass is 16.5. The topological polar surface area (TPSA) is 63.0 Å². The van der Waals surface area contributed by atoms with Crippen molar-refractivity contribution < 1.29 is 18.9 Å². The molecule has 0 bridgehead atoms. The summed E-state index contributed by atoms with van der Waals surface area (Å²) >= 11 is 0. The number of esters is 1. The molecule has 0 aliphatic carbocycles. The molecule has 120 valence electrons. The van der Waals surface area contributed by atoms with Gasteiger partial charge in [-0.3, -0.25) is 4.79 Å². The van der Waals surface area contributed by atoms with Gasteiger partial charge in [-0.2, -0.15) is 0 Å². The lowest BCUT2D eigenvalue weighted by molar-refractivity contribution is -0.670. The Morgan fingerprint density at radius 3 is 2.38 bits per heavy atom. The fourth-order valence-electron chi connectivity index (χ4n) is 2.50. The zero-order valence-corrected chi connectivity index (χ0v) is 13.2. The van der Waals surface area contributed by atoms with Crippen LogP contribution >= 0.6 is 0 Å². The number of carbonyl (C=O) groups excluding carboxylic acids is 2. The highest BCUT2D eigenvalue weighted by Gasteiger charge is 2.17. The first-order valence-corrected chi connectivity index (χ1v) is 7.53. The molecule has 0 saturated carbocycles. The molecule has 0 fully saturated rings. The zero-order chi connectivity index (χ0) is 16.9. The summed E-state index contributed by atoms with van der Waals surface area (Å²) in [7, 11) is 1.35. The predicted molar refractivity (Wildman–Crippen MR) is 88.5 cm³/mol. The molecule has 0 radical (unpaired) electrons. The minimum Gasteiger partial charge on any atom is -0.465 e. The molecular weight excluding hydrogens is 304 g/mol. The fraction of sp³-hybridized carbons (Fsp3) is 0.105. The number of hydrogen-bond acceptors (Lipinski definition) is 3. The van der Waals surface area contributed by atoms with Crippen molar-refractivity contribution in [3.8, 4) is 11.4 Å². The standard InChI is InChI=1S/C19H16N2O3/c1-24-19(23)16-9-7-15(8-10-16)18-20-11-12-21(18)13-17(22)14-5-3-2-4-6-14/h2-12H,13H2,1H3/p+1. The number of carbonyl (C=O) groups is 2. The Labute approximate surface area is 139 Å². The van der Waals surface area contributed by atoms with Gasteiger partial charge in [0.15, 0.2) is 6.54 Å². The number of rotatable bonds is 5. The molecule has 5 nitrogen and oxygen atoms in total. The highest BCUT2D eigenvalue weighted by molar-refractivity contribution is 5.95. The van der Waals surface area contributed by atoms with Gasteiger partial charge < -0.3 is 4.74 Å². The number of methoxy groups -OCH3 is 1. The number of hydrogen-bond donors (Lipinski definition) is 1. The number of imidazole rings is 1. The van der Waals surface area contributed by atoms with E-state index >= 15 is 0 Å². The summed E-state index contributed by atoms with van der Waals surface area (Å²) in [6.07, 6.45) is 3.60. The molecule has 3 rings (SSSR count). The van der Waals surface area contributed by atoms with Crippen molar-refractivity contribution >= 4 is 11.8 Å². The first kappa shape index (κ1) is 15.7. The first-order chi connectivity index (χ1) is 11.7. The van der Waals surface area contributed by atoms with Gasteiger partial charge in [0.25, 0.3) is 5.82 Å². The van der Waals surface area contributed by atoms with E-state index in [0.29, 0.717) is 11.1 Å². The van der Waals surface area contributed by atoms with E-state index in [1.807, 2.05) is 41.1 Å². The third-order valence-electron chi connectivity index (χ3n) is 3.75. The minimum atomic E-state index is -0.375. The van der Waals surface area contributed by atoms with E-state index in [4.69, 9.17) is 4.74 Å². The summed E-state index contributed by atoms with van der Waals surface area (Å²) < 4.78 is 6.55. The van der Waals surface area contributed by atoms with Gasteiger partial charge in [-0.05, 0) is 24.3 Å². The molecular formula is C19H17N2O3+. The second-order valence-electron chi connectivity index (χ2n) is 5.29. The first-order valence-electron chi connectivity index (χ1n) is 7.53. The third-order valence-corrected chi connectivity index (χ3v) is 3.75. The molecule has 1 aromatic heterocycles. The van der Waals surface area contributed by atoms with Crippen molar-refractivity contribution in [3.63, 3.8) is 0 Å². The molecule has 1 heterocycles. The molecule has 0 aliphatic heterocycles. The molecule has 1 N–H and O–H groups in total. The summed E-state index contributed by atoms with van der Waals surface area (Å²) in [6.45, 7) is 0.238. The molecule has 0 unspecified atom stereocenters. The third kappa shape index (κ3) is 3.25. The summed E-state index contributed by atoms with van der Waals surface area (Å²) in [5.74, 6) is 0.462. The number of Topliss-reactive ketones (excluding diaryl/α,β-unsaturated/α-hetero) is 1. The van der Waals surface area contributed by atoms with Gasteiger partial charge in [-0.15, -0.1) is 0 Å². The van der Waals surface area contributed by atoms with Gasteiger partial charge in [0.05, 0.1) is 18.2 Å². The molecule has 2 aromatic carbocycles. The van der Waals surface area contributed by atoms with E-state index in [1.54, 1.807) is 30.5 Å². The number of H-pyrrole nitrogens is 1. The van der Waals surface area contributed by atoms with Gasteiger partial charge in [0.1, 0.15) is 12.4 Å². The van der Waals surface area contributed by atoms with Crippen molar-refractivity contribution in [2.45, 2.75) is 6.54 Å². The van der Waals surface area contributed by atoms with E-state index in [9.17, 15) is 9.59 Å². The van der Waals surface area contributed by atoms with Gasteiger partial charge in [0.2, 0.25) is 5.78 Å². The maximum atomic E-state index is 12.4. The SMILES string of the molecule is COC(=O)c1ccc(-c2[nH]cc[n+]2CC(=O)c2ccccc2)cc1. The van der Waals surface area contributed by atoms with Crippen molar-refractivity contribution in [1.29, 1.82) is 0 Å². The molecule has 0 spiro atoms. The van der Waals surface area contributed by atoms with E-state index < -0.39 is 0 Å². The minimum absolute atomic E-state index is 0.0348. The van der Waals surface area contributed by atoms with E-state index in [0.717, 1.165) is 11.4 Å². The summed E-state index contributed by atoms with van der Waals surface area (Å²) in [4.78, 5) is 27.0. The van der Waals surface area contributed by atoms with Crippen LogP contribution in [0.5, 0.6) is 0 Å². The molecule has 5 heteroatoms. The molecule has 0 aliphatic rings. The van der Waals surface area contributed by atoms with Crippen LogP contribution in [0.1, 0.15) is 20.7 Å². The largest absolute Gasteiger partial charge is 0.465 e. The van der Waals surface area contributed by atoms with Crippen LogP contribution in [0.2, 0.25) is 0 Å². The highest BCUT2D eigenvalue weighted by Crippen LogP contribution is 2.15. The fourth-order valence-corrected chi connectivity index (χ4v) is 2.50. The predicted octanol–water partition coefficient (Wildman–Crippen LogP) is 2.64. The lowest BCUT2D eigenvalue weighted by atomic mass is 10.1. The van der Waals surface area contributed by atoms with Crippen molar-refractivity contribution in [2.75, 3.05) is 7.11 Å². The van der Waals surface area contributed by atoms with E-state index in [-0.39, 0.29) is 18.3 Å². The average Bonchev–Trinajstić information content (AvgIpc) is 3.10. The van der Waals surface area contributed by atoms with Gasteiger partial charge in [0, 0.05) is 5.56 Å². The van der Waals surface area contributed by atoms with Crippen LogP contribution in [-0.2, 0) is 11.3 Å². The van der Waals surface area contributed by atoms with Crippen molar-refractivity contribution in [3.05, 3.63) is 78.1 Å². The van der Waals surface area contributed by atoms with Crippen molar-refractivity contribution in [2.24, 2.45) is 0 Å². The Bertz CT molecular complexity index is 852. The van der Waals surface area contributed by atoms with Gasteiger partial charge in [-0.1, -0.05) is 30.3 Å². The summed E-state index contributed by atoms with van der Waals surface area (Å²) in [5.41, 5.74) is 2.05. The smallest absolute Gasteiger partial charge is 0.337 e.